The van der Waals surface area contributed by atoms with Crippen molar-refractivity contribution in [3.8, 4) is 0 Å². The van der Waals surface area contributed by atoms with Crippen LogP contribution in [0.15, 0.2) is 23.0 Å². The van der Waals surface area contributed by atoms with Crippen molar-refractivity contribution in [1.82, 2.24) is 5.32 Å². The molecule has 0 amide bonds. The van der Waals surface area contributed by atoms with Crippen molar-refractivity contribution in [2.75, 3.05) is 0 Å². The van der Waals surface area contributed by atoms with E-state index in [1.165, 1.54) is 5.56 Å². The van der Waals surface area contributed by atoms with Gasteiger partial charge < -0.3 is 9.73 Å². The molecule has 68 valence electrons. The Morgan fingerprint density at radius 3 is 2.75 bits per heavy atom. The zero-order valence-electron chi connectivity index (χ0n) is 8.00. The Balaban J connectivity index is 2.44. The molecule has 0 radical (unpaired) electrons. The first-order chi connectivity index (χ1) is 5.74. The highest BCUT2D eigenvalue weighted by Crippen LogP contribution is 2.13. The van der Waals surface area contributed by atoms with Crippen molar-refractivity contribution in [2.24, 2.45) is 0 Å². The standard InChI is InChI=1S/C10H17NO/c1-4-8(2)11-9(3)10-5-6-12-7-10/h5-9,11H,4H2,1-3H3. The molecule has 0 saturated carbocycles. The van der Waals surface area contributed by atoms with E-state index >= 15 is 0 Å². The lowest BCUT2D eigenvalue weighted by Crippen LogP contribution is -2.27. The molecule has 0 fully saturated rings. The summed E-state index contributed by atoms with van der Waals surface area (Å²) in [6.45, 7) is 6.52. The fourth-order valence-corrected chi connectivity index (χ4v) is 1.16. The van der Waals surface area contributed by atoms with E-state index in [1.807, 2.05) is 6.07 Å². The molecule has 2 nitrogen and oxygen atoms in total. The number of nitrogens with one attached hydrogen (secondary N) is 1. The maximum Gasteiger partial charge on any atom is 0.0950 e. The third-order valence-corrected chi connectivity index (χ3v) is 2.19. The van der Waals surface area contributed by atoms with Crippen molar-refractivity contribution in [3.05, 3.63) is 24.2 Å². The van der Waals surface area contributed by atoms with Crippen molar-refractivity contribution < 1.29 is 4.42 Å². The SMILES string of the molecule is CCC(C)NC(C)c1ccoc1. The Morgan fingerprint density at radius 1 is 1.50 bits per heavy atom. The number of hydrogen-bond acceptors (Lipinski definition) is 2. The minimum Gasteiger partial charge on any atom is -0.472 e. The number of hydrogen-bond donors (Lipinski definition) is 1. The summed E-state index contributed by atoms with van der Waals surface area (Å²) in [6.07, 6.45) is 4.66. The summed E-state index contributed by atoms with van der Waals surface area (Å²) in [7, 11) is 0. The summed E-state index contributed by atoms with van der Waals surface area (Å²) in [6, 6.07) is 2.95. The van der Waals surface area contributed by atoms with E-state index in [1.54, 1.807) is 12.5 Å². The first-order valence-electron chi connectivity index (χ1n) is 4.52. The molecular formula is C10H17NO. The molecule has 0 aliphatic heterocycles. The quantitative estimate of drug-likeness (QED) is 0.746. The largest absolute Gasteiger partial charge is 0.472 e. The van der Waals surface area contributed by atoms with E-state index in [-0.39, 0.29) is 0 Å². The minimum absolute atomic E-state index is 0.388. The normalized spacial score (nSPS) is 15.9. The van der Waals surface area contributed by atoms with Gasteiger partial charge in [-0.15, -0.1) is 0 Å². The van der Waals surface area contributed by atoms with E-state index in [0.29, 0.717) is 12.1 Å². The van der Waals surface area contributed by atoms with E-state index in [2.05, 4.69) is 26.1 Å². The predicted molar refractivity (Wildman–Crippen MR) is 50.0 cm³/mol. The van der Waals surface area contributed by atoms with E-state index < -0.39 is 0 Å². The zero-order valence-corrected chi connectivity index (χ0v) is 8.00. The topological polar surface area (TPSA) is 25.2 Å². The monoisotopic (exact) mass is 167 g/mol. The minimum atomic E-state index is 0.388. The molecule has 2 unspecified atom stereocenters. The molecule has 1 heterocycles. The van der Waals surface area contributed by atoms with Crippen LogP contribution in [0.4, 0.5) is 0 Å². The van der Waals surface area contributed by atoms with Crippen LogP contribution in [0, 0.1) is 0 Å². The van der Waals surface area contributed by atoms with Crippen LogP contribution in [0.1, 0.15) is 38.8 Å². The zero-order chi connectivity index (χ0) is 8.97. The molecule has 0 saturated heterocycles. The van der Waals surface area contributed by atoms with Crippen LogP contribution in [0.5, 0.6) is 0 Å². The van der Waals surface area contributed by atoms with Gasteiger partial charge in [0.2, 0.25) is 0 Å². The Kier molecular flexibility index (Phi) is 3.35. The molecule has 0 bridgehead atoms. The summed E-state index contributed by atoms with van der Waals surface area (Å²) >= 11 is 0. The fraction of sp³-hybridized carbons (Fsp3) is 0.600. The summed E-state index contributed by atoms with van der Waals surface area (Å²) in [4.78, 5) is 0. The lowest BCUT2D eigenvalue weighted by atomic mass is 10.1. The van der Waals surface area contributed by atoms with E-state index in [0.717, 1.165) is 6.42 Å². The van der Waals surface area contributed by atoms with Crippen molar-refractivity contribution >= 4 is 0 Å². The van der Waals surface area contributed by atoms with Gasteiger partial charge in [-0.2, -0.15) is 0 Å². The second-order valence-electron chi connectivity index (χ2n) is 3.25. The first-order valence-corrected chi connectivity index (χ1v) is 4.52. The first kappa shape index (κ1) is 9.33. The second kappa shape index (κ2) is 4.31. The third-order valence-electron chi connectivity index (χ3n) is 2.19. The maximum absolute atomic E-state index is 5.01. The summed E-state index contributed by atoms with van der Waals surface area (Å²) < 4.78 is 5.01. The van der Waals surface area contributed by atoms with Gasteiger partial charge in [-0.3, -0.25) is 0 Å². The van der Waals surface area contributed by atoms with Crippen LogP contribution in [-0.2, 0) is 0 Å². The molecule has 1 rings (SSSR count). The molecule has 0 aromatic carbocycles. The summed E-state index contributed by atoms with van der Waals surface area (Å²) in [5, 5.41) is 3.47. The fourth-order valence-electron chi connectivity index (χ4n) is 1.16. The van der Waals surface area contributed by atoms with Gasteiger partial charge in [0, 0.05) is 17.6 Å². The molecule has 12 heavy (non-hydrogen) atoms. The van der Waals surface area contributed by atoms with Crippen molar-refractivity contribution in [2.45, 2.75) is 39.3 Å². The molecule has 0 aliphatic carbocycles. The van der Waals surface area contributed by atoms with Gasteiger partial charge >= 0.3 is 0 Å². The van der Waals surface area contributed by atoms with Crippen LogP contribution < -0.4 is 5.32 Å². The average Bonchev–Trinajstić information content (AvgIpc) is 2.56. The van der Waals surface area contributed by atoms with Crippen LogP contribution in [0.25, 0.3) is 0 Å². The lowest BCUT2D eigenvalue weighted by molar-refractivity contribution is 0.464. The molecular weight excluding hydrogens is 150 g/mol. The third kappa shape index (κ3) is 2.38. The molecule has 1 N–H and O–H groups in total. The summed E-state index contributed by atoms with van der Waals surface area (Å²) in [5.74, 6) is 0. The highest BCUT2D eigenvalue weighted by Gasteiger charge is 2.08. The van der Waals surface area contributed by atoms with Gasteiger partial charge in [0.1, 0.15) is 0 Å². The van der Waals surface area contributed by atoms with Gasteiger partial charge in [0.15, 0.2) is 0 Å². The highest BCUT2D eigenvalue weighted by molar-refractivity contribution is 5.10. The van der Waals surface area contributed by atoms with Crippen molar-refractivity contribution in [1.29, 1.82) is 0 Å². The number of furan rings is 1. The predicted octanol–water partition coefficient (Wildman–Crippen LogP) is 2.73. The summed E-state index contributed by atoms with van der Waals surface area (Å²) in [5.41, 5.74) is 1.22. The maximum atomic E-state index is 5.01. The van der Waals surface area contributed by atoms with Gasteiger partial charge in [-0.25, -0.2) is 0 Å². The molecule has 1 aromatic rings. The number of rotatable bonds is 4. The van der Waals surface area contributed by atoms with E-state index in [9.17, 15) is 0 Å². The Labute approximate surface area is 74.0 Å². The van der Waals surface area contributed by atoms with Gasteiger partial charge in [-0.1, -0.05) is 6.92 Å². The smallest absolute Gasteiger partial charge is 0.0950 e. The average molecular weight is 167 g/mol. The lowest BCUT2D eigenvalue weighted by Gasteiger charge is -2.17. The Bertz CT molecular complexity index is 206. The van der Waals surface area contributed by atoms with E-state index in [4.69, 9.17) is 4.42 Å². The van der Waals surface area contributed by atoms with Crippen molar-refractivity contribution in [3.63, 3.8) is 0 Å². The highest BCUT2D eigenvalue weighted by atomic mass is 16.3. The van der Waals surface area contributed by atoms with Crippen LogP contribution >= 0.6 is 0 Å². The van der Waals surface area contributed by atoms with Gasteiger partial charge in [0.05, 0.1) is 12.5 Å². The van der Waals surface area contributed by atoms with Crippen LogP contribution in [-0.4, -0.2) is 6.04 Å². The molecule has 2 atom stereocenters. The molecule has 2 heteroatoms. The Morgan fingerprint density at radius 2 is 2.25 bits per heavy atom. The second-order valence-corrected chi connectivity index (χ2v) is 3.25. The molecule has 0 spiro atoms. The molecule has 1 aromatic heterocycles. The van der Waals surface area contributed by atoms with Gasteiger partial charge in [0.25, 0.3) is 0 Å². The molecule has 0 aliphatic rings. The van der Waals surface area contributed by atoms with Crippen LogP contribution in [0.2, 0.25) is 0 Å². The Hall–Kier alpha value is -0.760. The van der Waals surface area contributed by atoms with Gasteiger partial charge in [-0.05, 0) is 26.3 Å². The van der Waals surface area contributed by atoms with Crippen LogP contribution in [0.3, 0.4) is 0 Å².